The number of rotatable bonds is 12. The molecular formula is C127H79N5O3. The summed E-state index contributed by atoms with van der Waals surface area (Å²) < 4.78 is 20.1. The van der Waals surface area contributed by atoms with E-state index in [4.69, 9.17) is 18.2 Å². The van der Waals surface area contributed by atoms with Crippen LogP contribution in [0.4, 0.5) is 0 Å². The number of pyridine rings is 5. The van der Waals surface area contributed by atoms with Gasteiger partial charge in [0.25, 0.3) is 0 Å². The van der Waals surface area contributed by atoms with Gasteiger partial charge in [0.15, 0.2) is 0 Å². The topological polar surface area (TPSA) is 104 Å². The molecule has 0 N–H and O–H groups in total. The summed E-state index contributed by atoms with van der Waals surface area (Å²) in [5, 5.41) is 21.5. The standard InChI is InChI=1S/C43H27NO.2C42H26N2O/c1-3-12-31(13-4-1)38-26-34(27-39(44-38)32-14-5-2-6-15-32)28-19-21-30(22-20-28)37-25-33-16-8-10-18-36(33)42-41-35-17-9-7-11-29(35)23-24-40(41)45-43(37)42;1-3-11-34-28(9-1)19-20-39-40(34)41-35-12-4-2-10-30(35)26-36(42(41)45-39)29-17-15-27(16-18-29)31-23-32(37-13-5-7-21-43-37)25-33(24-31)38-14-6-8-22-44-38;1-3-11-36-28(7-1)17-18-39-40(36)41-37-12-4-2-8-30(37)24-38(42(41)45-39)29-15-13-27(14-16-29)33-21-34(31-9-5-19-43-25-31)23-35(22-33)32-10-6-20-44-26-32/h1-27H;2*1-26H. The van der Waals surface area contributed by atoms with E-state index >= 15 is 0 Å². The van der Waals surface area contributed by atoms with Crippen LogP contribution in [0.5, 0.6) is 0 Å². The first-order chi connectivity index (χ1) is 66.9. The van der Waals surface area contributed by atoms with E-state index in [9.17, 15) is 0 Å². The van der Waals surface area contributed by atoms with Crippen molar-refractivity contribution in [2.45, 2.75) is 0 Å². The Kier molecular flexibility index (Phi) is 19.8. The van der Waals surface area contributed by atoms with Crippen molar-refractivity contribution < 1.29 is 13.3 Å². The average molecular weight is 1720 g/mol. The summed E-state index contributed by atoms with van der Waals surface area (Å²) in [4.78, 5) is 23.1. The van der Waals surface area contributed by atoms with E-state index in [0.717, 1.165) is 168 Å². The SMILES string of the molecule is c1ccc(-c2cc(-c3ccc(-c4cc5ccccc5c5c4oc4ccc6ccccc6c45)cc3)cc(-c3ccccc3)n2)cc1.c1ccc(-c2cc(-c3ccc(-c4cc5ccccc5c5c4oc4ccc6ccccc6c45)cc3)cc(-c3ccccn3)c2)nc1.c1cncc(-c2cc(-c3ccc(-c4cc5ccccc5c5c4oc4ccc6ccccc6c45)cc3)cc(-c3cccnc3)c2)c1. The monoisotopic (exact) mass is 1720 g/mol. The molecule has 8 heterocycles. The van der Waals surface area contributed by atoms with Crippen LogP contribution in [0, 0.1) is 0 Å². The van der Waals surface area contributed by atoms with Gasteiger partial charge in [0.2, 0.25) is 0 Å². The molecule has 0 radical (unpaired) electrons. The molecule has 8 heteroatoms. The maximum Gasteiger partial charge on any atom is 0.143 e. The van der Waals surface area contributed by atoms with Crippen LogP contribution in [0.3, 0.4) is 0 Å². The third kappa shape index (κ3) is 14.6. The molecule has 0 saturated carbocycles. The quantitative estimate of drug-likeness (QED) is 0.119. The van der Waals surface area contributed by atoms with Gasteiger partial charge in [-0.15, -0.1) is 0 Å². The second kappa shape index (κ2) is 33.8. The van der Waals surface area contributed by atoms with E-state index in [0.29, 0.717) is 0 Å². The van der Waals surface area contributed by atoms with Crippen LogP contribution >= 0.6 is 0 Å². The fourth-order valence-electron chi connectivity index (χ4n) is 19.9. The summed E-state index contributed by atoms with van der Waals surface area (Å²) in [7, 11) is 0. The van der Waals surface area contributed by atoms with Gasteiger partial charge in [0, 0.05) is 120 Å². The van der Waals surface area contributed by atoms with Crippen molar-refractivity contribution in [1.29, 1.82) is 0 Å². The molecule has 0 aliphatic rings. The lowest BCUT2D eigenvalue weighted by Crippen LogP contribution is -1.91. The Morgan fingerprint density at radius 3 is 0.756 bits per heavy atom. The van der Waals surface area contributed by atoms with Crippen molar-refractivity contribution in [2.75, 3.05) is 0 Å². The molecule has 0 aliphatic heterocycles. The minimum Gasteiger partial charge on any atom is -0.455 e. The molecule has 0 unspecified atom stereocenters. The van der Waals surface area contributed by atoms with Gasteiger partial charge < -0.3 is 13.3 Å². The molecule has 135 heavy (non-hydrogen) atoms. The van der Waals surface area contributed by atoms with Gasteiger partial charge in [-0.05, 0) is 247 Å². The molecule has 0 saturated heterocycles. The van der Waals surface area contributed by atoms with Crippen molar-refractivity contribution in [3.05, 3.63) is 480 Å². The zero-order valence-corrected chi connectivity index (χ0v) is 73.1. The summed E-state index contributed by atoms with van der Waals surface area (Å²) in [6.07, 6.45) is 11.1. The molecule has 0 atom stereocenters. The third-order valence-corrected chi connectivity index (χ3v) is 26.4. The van der Waals surface area contributed by atoms with E-state index in [1.165, 1.54) is 97.0 Å². The zero-order valence-electron chi connectivity index (χ0n) is 73.1. The molecular weight excluding hydrogens is 1640 g/mol. The third-order valence-electron chi connectivity index (χ3n) is 26.4. The molecule has 27 aromatic rings. The molecule has 8 nitrogen and oxygen atoms in total. The molecule has 0 aliphatic carbocycles. The smallest absolute Gasteiger partial charge is 0.143 e. The maximum atomic E-state index is 6.69. The molecule has 0 fully saturated rings. The Bertz CT molecular complexity index is 8220. The first-order valence-corrected chi connectivity index (χ1v) is 45.6. The average Bonchev–Trinajstić information content (AvgIpc) is 1.57. The minimum absolute atomic E-state index is 0.909. The molecule has 630 valence electrons. The normalized spacial score (nSPS) is 11.6. The van der Waals surface area contributed by atoms with Crippen LogP contribution < -0.4 is 0 Å². The van der Waals surface area contributed by atoms with Gasteiger partial charge >= 0.3 is 0 Å². The predicted molar refractivity (Wildman–Crippen MR) is 560 cm³/mol. The van der Waals surface area contributed by atoms with Crippen molar-refractivity contribution in [3.8, 4) is 134 Å². The molecule has 0 bridgehead atoms. The van der Waals surface area contributed by atoms with E-state index < -0.39 is 0 Å². The van der Waals surface area contributed by atoms with E-state index in [1.54, 1.807) is 0 Å². The minimum atomic E-state index is 0.909. The zero-order chi connectivity index (χ0) is 89.2. The Morgan fingerprint density at radius 1 is 0.156 bits per heavy atom. The Hall–Kier alpha value is -18.1. The number of hydrogen-bond donors (Lipinski definition) is 0. The van der Waals surface area contributed by atoms with Gasteiger partial charge in [-0.25, -0.2) is 4.98 Å². The molecule has 8 aromatic heterocycles. The van der Waals surface area contributed by atoms with Crippen LogP contribution in [-0.4, -0.2) is 24.9 Å². The Balaban J connectivity index is 0.000000108. The first-order valence-electron chi connectivity index (χ1n) is 45.6. The van der Waals surface area contributed by atoms with E-state index in [2.05, 4.69) is 402 Å². The van der Waals surface area contributed by atoms with Crippen LogP contribution in [0.1, 0.15) is 0 Å². The number of nitrogens with zero attached hydrogens (tertiary/aromatic N) is 5. The van der Waals surface area contributed by atoms with Crippen LogP contribution in [0.15, 0.2) is 493 Å². The number of aromatic nitrogens is 5. The lowest BCUT2D eigenvalue weighted by molar-refractivity contribution is 0.670. The molecule has 0 amide bonds. The van der Waals surface area contributed by atoms with Crippen LogP contribution in [0.2, 0.25) is 0 Å². The van der Waals surface area contributed by atoms with E-state index in [1.807, 2.05) is 97.8 Å². The van der Waals surface area contributed by atoms with Crippen molar-refractivity contribution >= 4 is 130 Å². The summed E-state index contributed by atoms with van der Waals surface area (Å²) in [6.45, 7) is 0. The lowest BCUT2D eigenvalue weighted by atomic mass is 9.92. The fourth-order valence-corrected chi connectivity index (χ4v) is 19.9. The highest BCUT2D eigenvalue weighted by Crippen LogP contribution is 2.49. The number of hydrogen-bond acceptors (Lipinski definition) is 8. The van der Waals surface area contributed by atoms with Gasteiger partial charge in [-0.2, -0.15) is 0 Å². The van der Waals surface area contributed by atoms with Gasteiger partial charge in [-0.3, -0.25) is 19.9 Å². The summed E-state index contributed by atoms with van der Waals surface area (Å²) in [6, 6.07) is 156. The lowest BCUT2D eigenvalue weighted by Gasteiger charge is -2.12. The number of fused-ring (bicyclic) bond motifs is 21. The number of furan rings is 3. The number of benzene rings is 19. The van der Waals surface area contributed by atoms with Crippen LogP contribution in [0.25, 0.3) is 264 Å². The van der Waals surface area contributed by atoms with Crippen molar-refractivity contribution in [2.24, 2.45) is 0 Å². The van der Waals surface area contributed by atoms with Gasteiger partial charge in [0.1, 0.15) is 33.5 Å². The second-order valence-corrected chi connectivity index (χ2v) is 34.4. The Labute approximate surface area is 777 Å². The van der Waals surface area contributed by atoms with E-state index in [-0.39, 0.29) is 0 Å². The summed E-state index contributed by atoms with van der Waals surface area (Å²) in [5.74, 6) is 0. The molecule has 0 spiro atoms. The maximum absolute atomic E-state index is 6.69. The summed E-state index contributed by atoms with van der Waals surface area (Å²) in [5.41, 5.74) is 31.4. The highest BCUT2D eigenvalue weighted by Gasteiger charge is 2.24. The van der Waals surface area contributed by atoms with Crippen LogP contribution in [-0.2, 0) is 0 Å². The predicted octanol–water partition coefficient (Wildman–Crippen LogP) is 34.7. The van der Waals surface area contributed by atoms with Crippen molar-refractivity contribution in [3.63, 3.8) is 0 Å². The first kappa shape index (κ1) is 79.1. The second-order valence-electron chi connectivity index (χ2n) is 34.4. The highest BCUT2D eigenvalue weighted by atomic mass is 16.3. The fraction of sp³-hybridized carbons (Fsp3) is 0. The molecule has 19 aromatic carbocycles. The van der Waals surface area contributed by atoms with Gasteiger partial charge in [0.05, 0.1) is 22.8 Å². The van der Waals surface area contributed by atoms with Crippen molar-refractivity contribution in [1.82, 2.24) is 24.9 Å². The molecule has 27 rings (SSSR count). The Morgan fingerprint density at radius 2 is 0.430 bits per heavy atom. The highest BCUT2D eigenvalue weighted by molar-refractivity contribution is 6.32. The van der Waals surface area contributed by atoms with Gasteiger partial charge in [-0.1, -0.05) is 322 Å². The summed E-state index contributed by atoms with van der Waals surface area (Å²) >= 11 is 0. The largest absolute Gasteiger partial charge is 0.455 e.